The van der Waals surface area contributed by atoms with Crippen LogP contribution in [0.25, 0.3) is 11.0 Å². The minimum absolute atomic E-state index is 0.0198. The molecule has 198 valence electrons. The van der Waals surface area contributed by atoms with E-state index in [1.165, 1.54) is 24.5 Å². The lowest BCUT2D eigenvalue weighted by Crippen LogP contribution is -2.48. The summed E-state index contributed by atoms with van der Waals surface area (Å²) >= 11 is 0. The molecule has 3 atom stereocenters. The van der Waals surface area contributed by atoms with Gasteiger partial charge in [0, 0.05) is 6.54 Å². The van der Waals surface area contributed by atoms with Gasteiger partial charge in [0.05, 0.1) is 34.7 Å². The quantitative estimate of drug-likeness (QED) is 0.324. The summed E-state index contributed by atoms with van der Waals surface area (Å²) in [5.41, 5.74) is 1.29. The molecular weight excluding hydrogens is 491 g/mol. The summed E-state index contributed by atoms with van der Waals surface area (Å²) < 4.78 is 15.2. The van der Waals surface area contributed by atoms with Crippen LogP contribution >= 0.6 is 0 Å². The Hall–Kier alpha value is -4.32. The number of carbonyl (C=O) groups is 3. The van der Waals surface area contributed by atoms with Crippen molar-refractivity contribution >= 4 is 52.4 Å². The van der Waals surface area contributed by atoms with E-state index in [1.54, 1.807) is 6.07 Å². The lowest BCUT2D eigenvalue weighted by molar-refractivity contribution is -0.123. The first-order valence-electron chi connectivity index (χ1n) is 12.6. The second kappa shape index (κ2) is 11.0. The Kier molecular flexibility index (Phi) is 7.31. The van der Waals surface area contributed by atoms with Crippen LogP contribution in [0.3, 0.4) is 0 Å². The standard InChI is InChI=1S/C26H29FN8O3/c1-2-35-12-6-7-15(13-35)23(36)30-18-10-5-11-19(20(18)27)31-24(37)21-22(29-14-28-21)25(38)34-26-32-16-8-3-4-9-17(16)33-26/h3-5,8-11,14-15,21-22H,2,6-7,12-13H2,1H3,(H,28,29)(H,30,36)(H,31,37)(H2,32,33,34,38). The van der Waals surface area contributed by atoms with E-state index in [0.717, 1.165) is 31.4 Å². The summed E-state index contributed by atoms with van der Waals surface area (Å²) in [5.74, 6) is -2.22. The van der Waals surface area contributed by atoms with E-state index >= 15 is 4.39 Å². The number of aliphatic imine (C=N–C) groups is 1. The molecule has 3 heterocycles. The molecule has 0 bridgehead atoms. The maximum absolute atomic E-state index is 15.2. The highest BCUT2D eigenvalue weighted by molar-refractivity contribution is 6.06. The van der Waals surface area contributed by atoms with Gasteiger partial charge in [-0.25, -0.2) is 9.37 Å². The van der Waals surface area contributed by atoms with Crippen LogP contribution in [-0.2, 0) is 14.4 Å². The average molecular weight is 521 g/mol. The van der Waals surface area contributed by atoms with Crippen LogP contribution in [-0.4, -0.2) is 70.6 Å². The highest BCUT2D eigenvalue weighted by atomic mass is 19.1. The van der Waals surface area contributed by atoms with E-state index < -0.39 is 29.7 Å². The summed E-state index contributed by atoms with van der Waals surface area (Å²) in [5, 5.41) is 10.6. The number of carbonyl (C=O) groups excluding carboxylic acids is 3. The fourth-order valence-corrected chi connectivity index (χ4v) is 4.75. The third-order valence-corrected chi connectivity index (χ3v) is 6.83. The number of anilines is 3. The molecule has 5 N–H and O–H groups in total. The van der Waals surface area contributed by atoms with Gasteiger partial charge in [-0.3, -0.25) is 24.7 Å². The van der Waals surface area contributed by atoms with Crippen LogP contribution in [0.1, 0.15) is 19.8 Å². The number of aromatic amines is 1. The first kappa shape index (κ1) is 25.3. The number of para-hydroxylation sites is 2. The van der Waals surface area contributed by atoms with Gasteiger partial charge >= 0.3 is 0 Å². The van der Waals surface area contributed by atoms with Crippen molar-refractivity contribution in [3.8, 4) is 0 Å². The predicted octanol–water partition coefficient (Wildman–Crippen LogP) is 2.32. The molecule has 0 spiro atoms. The van der Waals surface area contributed by atoms with E-state index in [1.807, 2.05) is 25.1 Å². The molecule has 38 heavy (non-hydrogen) atoms. The number of piperidine rings is 1. The van der Waals surface area contributed by atoms with Crippen LogP contribution < -0.4 is 21.3 Å². The molecule has 1 saturated heterocycles. The number of rotatable bonds is 7. The van der Waals surface area contributed by atoms with Gasteiger partial charge in [-0.1, -0.05) is 25.1 Å². The number of amides is 3. The zero-order chi connectivity index (χ0) is 26.6. The Morgan fingerprint density at radius 1 is 1.03 bits per heavy atom. The van der Waals surface area contributed by atoms with Crippen molar-refractivity contribution in [1.82, 2.24) is 20.2 Å². The highest BCUT2D eigenvalue weighted by Crippen LogP contribution is 2.25. The second-order valence-electron chi connectivity index (χ2n) is 9.34. The molecule has 3 aromatic rings. The fourth-order valence-electron chi connectivity index (χ4n) is 4.75. The van der Waals surface area contributed by atoms with Gasteiger partial charge in [0.1, 0.15) is 6.04 Å². The van der Waals surface area contributed by atoms with Crippen molar-refractivity contribution in [2.24, 2.45) is 10.9 Å². The molecule has 3 unspecified atom stereocenters. The first-order chi connectivity index (χ1) is 18.4. The predicted molar refractivity (Wildman–Crippen MR) is 142 cm³/mol. The van der Waals surface area contributed by atoms with E-state index in [4.69, 9.17) is 0 Å². The monoisotopic (exact) mass is 520 g/mol. The molecule has 3 amide bonds. The first-order valence-corrected chi connectivity index (χ1v) is 12.6. The Balaban J connectivity index is 1.23. The lowest BCUT2D eigenvalue weighted by atomic mass is 9.97. The molecule has 2 aliphatic rings. The average Bonchev–Trinajstić information content (AvgIpc) is 3.58. The smallest absolute Gasteiger partial charge is 0.252 e. The molecule has 1 aromatic heterocycles. The van der Waals surface area contributed by atoms with Gasteiger partial charge in [0.25, 0.3) is 11.8 Å². The minimum atomic E-state index is -1.14. The van der Waals surface area contributed by atoms with Crippen molar-refractivity contribution in [3.05, 3.63) is 48.3 Å². The summed E-state index contributed by atoms with van der Waals surface area (Å²) in [4.78, 5) is 52.2. The molecule has 0 saturated carbocycles. The number of H-pyrrole nitrogens is 1. The minimum Gasteiger partial charge on any atom is -0.363 e. The largest absolute Gasteiger partial charge is 0.363 e. The third-order valence-electron chi connectivity index (χ3n) is 6.83. The van der Waals surface area contributed by atoms with Gasteiger partial charge in [0.15, 0.2) is 11.9 Å². The third kappa shape index (κ3) is 5.35. The van der Waals surface area contributed by atoms with Crippen molar-refractivity contribution < 1.29 is 18.8 Å². The van der Waals surface area contributed by atoms with Crippen LogP contribution in [0.15, 0.2) is 47.5 Å². The molecule has 0 aliphatic carbocycles. The van der Waals surface area contributed by atoms with Crippen molar-refractivity contribution in [2.45, 2.75) is 31.8 Å². The fraction of sp³-hybridized carbons (Fsp3) is 0.346. The topological polar surface area (TPSA) is 144 Å². The van der Waals surface area contributed by atoms with E-state index in [9.17, 15) is 14.4 Å². The molecule has 12 heteroatoms. The maximum Gasteiger partial charge on any atom is 0.252 e. The number of halogens is 1. The van der Waals surface area contributed by atoms with Crippen molar-refractivity contribution in [1.29, 1.82) is 0 Å². The Labute approximate surface area is 218 Å². The Morgan fingerprint density at radius 2 is 1.79 bits per heavy atom. The molecule has 1 fully saturated rings. The van der Waals surface area contributed by atoms with Gasteiger partial charge < -0.3 is 25.8 Å². The number of hydrogen-bond acceptors (Lipinski definition) is 7. The number of aromatic nitrogens is 2. The molecular formula is C26H29FN8O3. The van der Waals surface area contributed by atoms with Crippen LogP contribution in [0.2, 0.25) is 0 Å². The van der Waals surface area contributed by atoms with E-state index in [2.05, 4.69) is 41.1 Å². The molecule has 5 rings (SSSR count). The van der Waals surface area contributed by atoms with Gasteiger partial charge in [-0.05, 0) is 50.2 Å². The highest BCUT2D eigenvalue weighted by Gasteiger charge is 2.37. The summed E-state index contributed by atoms with van der Waals surface area (Å²) in [6, 6.07) is 9.50. The number of likely N-dealkylation sites (tertiary alicyclic amines) is 1. The second-order valence-corrected chi connectivity index (χ2v) is 9.34. The number of nitrogens with one attached hydrogen (secondary N) is 5. The maximum atomic E-state index is 15.2. The molecule has 0 radical (unpaired) electrons. The summed E-state index contributed by atoms with van der Waals surface area (Å²) in [7, 11) is 0. The number of nitrogens with zero attached hydrogens (tertiary/aromatic N) is 3. The molecule has 2 aromatic carbocycles. The number of imidazole rings is 1. The van der Waals surface area contributed by atoms with E-state index in [-0.39, 0.29) is 29.1 Å². The zero-order valence-electron chi connectivity index (χ0n) is 20.8. The Morgan fingerprint density at radius 3 is 2.55 bits per heavy atom. The molecule has 11 nitrogen and oxygen atoms in total. The van der Waals surface area contributed by atoms with Gasteiger partial charge in [-0.2, -0.15) is 0 Å². The van der Waals surface area contributed by atoms with Crippen molar-refractivity contribution in [2.75, 3.05) is 35.6 Å². The van der Waals surface area contributed by atoms with Crippen LogP contribution in [0.5, 0.6) is 0 Å². The normalized spacial score (nSPS) is 21.2. The van der Waals surface area contributed by atoms with Crippen molar-refractivity contribution in [3.63, 3.8) is 0 Å². The Bertz CT molecular complexity index is 1360. The van der Waals surface area contributed by atoms with Gasteiger partial charge in [-0.15, -0.1) is 0 Å². The number of hydrogen-bond donors (Lipinski definition) is 5. The van der Waals surface area contributed by atoms with Crippen LogP contribution in [0, 0.1) is 11.7 Å². The van der Waals surface area contributed by atoms with Crippen LogP contribution in [0.4, 0.5) is 21.7 Å². The summed E-state index contributed by atoms with van der Waals surface area (Å²) in [6.07, 6.45) is 2.92. The number of benzene rings is 2. The van der Waals surface area contributed by atoms with E-state index in [0.29, 0.717) is 12.1 Å². The summed E-state index contributed by atoms with van der Waals surface area (Å²) in [6.45, 7) is 4.48. The number of fused-ring (bicyclic) bond motifs is 1. The zero-order valence-corrected chi connectivity index (χ0v) is 20.8. The molecule has 2 aliphatic heterocycles. The SMILES string of the molecule is CCN1CCCC(C(=O)Nc2cccc(NC(=O)C3N=CNC3C(=O)Nc3nc4ccccc4[nH]3)c2F)C1. The lowest BCUT2D eigenvalue weighted by Gasteiger charge is -2.31. The van der Waals surface area contributed by atoms with Gasteiger partial charge in [0.2, 0.25) is 11.9 Å².